The molecule has 4 aliphatic rings. The van der Waals surface area contributed by atoms with Crippen LogP contribution in [-0.2, 0) is 39.9 Å². The standard InChI is InChI=1S/C64H56ClN7O8S/c1-2-39-79-62(78)70-37-36-50(41-70)71-38-35-43(58(71)74)40-42-33-34-51-52(59(75)72(51)55(42)60(76)77)66-57(73)54(69-80-64(47-27-15-6-16-28-47,48-29-17-7-18-30-48)49-31-19-8-20-32-49)53-56(65)81-61(67-53)68-63(44-21-9-3-10-22-44,45-23-11-4-12-24-45)46-25-13-5-14-26-46/h2-32,40,50-52H,1,33-39,41H2,(H,66,73)(H,67,68)(H,76,77)/b43-40+,69-54-/t50-,51-,52+/m1/s1. The maximum atomic E-state index is 15.4. The van der Waals surface area contributed by atoms with Crippen molar-refractivity contribution >= 4 is 63.6 Å². The smallest absolute Gasteiger partial charge is 0.410 e. The molecule has 4 aliphatic heterocycles. The van der Waals surface area contributed by atoms with Crippen LogP contribution in [0.3, 0.4) is 0 Å². The number of fused-ring (bicyclic) bond motifs is 1. The first-order chi connectivity index (χ1) is 39.5. The van der Waals surface area contributed by atoms with Gasteiger partial charge in [-0.05, 0) is 54.0 Å². The SMILES string of the molecule is C=CCOC(=O)N1CC[C@@H](N2CC/C(=C\C3=C(C(=O)O)N4C(=O)[C@@H](NC(=O)/C(=N\OC(c5ccccc5)(c5ccccc5)c5ccccc5)c5nc(NC(c6ccccc6)(c6ccccc6)c6ccccc6)sc5Cl)[C@H]4CC3)C2=O)C1. The molecule has 5 heterocycles. The third kappa shape index (κ3) is 10.3. The third-order valence-corrected chi connectivity index (χ3v) is 16.6. The predicted molar refractivity (Wildman–Crippen MR) is 309 cm³/mol. The number of amides is 4. The molecule has 3 fully saturated rings. The van der Waals surface area contributed by atoms with Crippen molar-refractivity contribution in [1.82, 2.24) is 25.0 Å². The van der Waals surface area contributed by atoms with Crippen LogP contribution in [-0.4, -0.2) is 105 Å². The van der Waals surface area contributed by atoms with Gasteiger partial charge < -0.3 is 35.1 Å². The molecule has 15 nitrogen and oxygen atoms in total. The van der Waals surface area contributed by atoms with Crippen LogP contribution in [0.4, 0.5) is 9.93 Å². The Balaban J connectivity index is 0.951. The number of likely N-dealkylation sites (tertiary alicyclic amines) is 2. The molecule has 0 aliphatic carbocycles. The number of aliphatic carboxylic acids is 1. The number of carboxylic acids is 1. The fourth-order valence-electron chi connectivity index (χ4n) is 11.6. The van der Waals surface area contributed by atoms with E-state index in [0.717, 1.165) is 28.0 Å². The van der Waals surface area contributed by atoms with Crippen molar-refractivity contribution in [3.05, 3.63) is 261 Å². The van der Waals surface area contributed by atoms with Gasteiger partial charge in [0.15, 0.2) is 10.8 Å². The average Bonchev–Trinajstić information content (AvgIpc) is 4.29. The number of anilines is 1. The Kier molecular flexibility index (Phi) is 15.5. The molecule has 0 radical (unpaired) electrons. The molecule has 0 bridgehead atoms. The summed E-state index contributed by atoms with van der Waals surface area (Å²) in [5, 5.41) is 22.5. The summed E-state index contributed by atoms with van der Waals surface area (Å²) in [6.45, 7) is 4.80. The van der Waals surface area contributed by atoms with Gasteiger partial charge in [0.2, 0.25) is 11.5 Å². The minimum atomic E-state index is -1.45. The number of oxime groups is 1. The van der Waals surface area contributed by atoms with E-state index >= 15 is 4.79 Å². The van der Waals surface area contributed by atoms with Crippen LogP contribution in [0.5, 0.6) is 0 Å². The molecule has 3 N–H and O–H groups in total. The summed E-state index contributed by atoms with van der Waals surface area (Å²) in [5.41, 5.74) is 2.40. The van der Waals surface area contributed by atoms with Gasteiger partial charge in [-0.25, -0.2) is 14.6 Å². The lowest BCUT2D eigenvalue weighted by molar-refractivity contribution is -0.155. The van der Waals surface area contributed by atoms with E-state index in [2.05, 4.69) is 17.2 Å². The highest BCUT2D eigenvalue weighted by Gasteiger charge is 2.54. The Morgan fingerprint density at radius 3 is 1.77 bits per heavy atom. The number of carbonyl (C=O) groups is 5. The number of rotatable bonds is 18. The van der Waals surface area contributed by atoms with E-state index in [1.807, 2.05) is 182 Å². The second-order valence-electron chi connectivity index (χ2n) is 20.0. The lowest BCUT2D eigenvalue weighted by Gasteiger charge is -2.50. The van der Waals surface area contributed by atoms with Gasteiger partial charge >= 0.3 is 12.1 Å². The van der Waals surface area contributed by atoms with E-state index in [1.54, 1.807) is 15.9 Å². The van der Waals surface area contributed by atoms with Gasteiger partial charge in [-0.2, -0.15) is 0 Å². The molecule has 6 aromatic carbocycles. The molecular formula is C64H56ClN7O8S. The maximum absolute atomic E-state index is 15.4. The third-order valence-electron chi connectivity index (χ3n) is 15.4. The molecule has 4 amide bonds. The number of thiazole rings is 1. The van der Waals surface area contributed by atoms with Gasteiger partial charge in [0.1, 0.15) is 33.9 Å². The van der Waals surface area contributed by atoms with Gasteiger partial charge in [-0.1, -0.05) is 223 Å². The number of carbonyl (C=O) groups excluding carboxylic acids is 4. The summed E-state index contributed by atoms with van der Waals surface area (Å²) in [5.74, 6) is -3.11. The maximum Gasteiger partial charge on any atom is 0.410 e. The second-order valence-corrected chi connectivity index (χ2v) is 21.6. The van der Waals surface area contributed by atoms with Crippen molar-refractivity contribution in [3.8, 4) is 0 Å². The lowest BCUT2D eigenvalue weighted by atomic mass is 9.77. The summed E-state index contributed by atoms with van der Waals surface area (Å²) in [7, 11) is 0. The Morgan fingerprint density at radius 2 is 1.26 bits per heavy atom. The molecule has 0 saturated carbocycles. The number of allylic oxidation sites excluding steroid dienone is 2. The minimum Gasteiger partial charge on any atom is -0.477 e. The average molecular weight is 1120 g/mol. The van der Waals surface area contributed by atoms with E-state index in [0.29, 0.717) is 65.4 Å². The summed E-state index contributed by atoms with van der Waals surface area (Å²) in [4.78, 5) is 85.9. The van der Waals surface area contributed by atoms with E-state index < -0.39 is 47.1 Å². The normalized spacial score (nSPS) is 18.8. The number of aromatic nitrogens is 1. The summed E-state index contributed by atoms with van der Waals surface area (Å²) >= 11 is 8.41. The van der Waals surface area contributed by atoms with Crippen molar-refractivity contribution in [1.29, 1.82) is 0 Å². The molecule has 408 valence electrons. The zero-order valence-corrected chi connectivity index (χ0v) is 45.5. The number of ether oxygens (including phenoxy) is 1. The topological polar surface area (TPSA) is 183 Å². The number of β-lactam (4-membered cyclic amide) rings is 1. The van der Waals surface area contributed by atoms with Crippen LogP contribution in [0.1, 0.15) is 64.8 Å². The first-order valence-electron chi connectivity index (χ1n) is 26.7. The van der Waals surface area contributed by atoms with Crippen molar-refractivity contribution < 1.29 is 38.7 Å². The molecule has 0 spiro atoms. The summed E-state index contributed by atoms with van der Waals surface area (Å²) in [6, 6.07) is 56.2. The van der Waals surface area contributed by atoms with Crippen molar-refractivity contribution in [2.24, 2.45) is 5.16 Å². The van der Waals surface area contributed by atoms with E-state index in [4.69, 9.17) is 31.3 Å². The van der Waals surface area contributed by atoms with Gasteiger partial charge in [0.05, 0.1) is 12.1 Å². The number of benzene rings is 6. The predicted octanol–water partition coefficient (Wildman–Crippen LogP) is 10.3. The van der Waals surface area contributed by atoms with Crippen LogP contribution in [0.2, 0.25) is 4.34 Å². The summed E-state index contributed by atoms with van der Waals surface area (Å²) in [6.07, 6.45) is 3.99. The molecule has 11 rings (SSSR count). The van der Waals surface area contributed by atoms with Crippen LogP contribution >= 0.6 is 22.9 Å². The molecule has 3 atom stereocenters. The van der Waals surface area contributed by atoms with Crippen molar-refractivity contribution in [3.63, 3.8) is 0 Å². The highest BCUT2D eigenvalue weighted by atomic mass is 35.5. The number of halogens is 1. The van der Waals surface area contributed by atoms with Crippen molar-refractivity contribution in [2.75, 3.05) is 31.6 Å². The fraction of sp³-hybridized carbons (Fsp3) is 0.203. The largest absolute Gasteiger partial charge is 0.477 e. The molecule has 7 aromatic rings. The Labute approximate surface area is 477 Å². The number of nitrogens with zero attached hydrogens (tertiary/aromatic N) is 5. The number of nitrogens with one attached hydrogen (secondary N) is 2. The highest BCUT2D eigenvalue weighted by Crippen LogP contribution is 2.45. The van der Waals surface area contributed by atoms with Gasteiger partial charge in [-0.15, -0.1) is 0 Å². The number of carboxylic acid groups (broad SMARTS) is 1. The second kappa shape index (κ2) is 23.3. The van der Waals surface area contributed by atoms with Gasteiger partial charge in [-0.3, -0.25) is 19.3 Å². The van der Waals surface area contributed by atoms with Crippen LogP contribution in [0, 0.1) is 0 Å². The molecule has 81 heavy (non-hydrogen) atoms. The van der Waals surface area contributed by atoms with Crippen LogP contribution in [0.25, 0.3) is 0 Å². The first-order valence-corrected chi connectivity index (χ1v) is 27.9. The van der Waals surface area contributed by atoms with Crippen LogP contribution in [0.15, 0.2) is 223 Å². The molecule has 3 saturated heterocycles. The van der Waals surface area contributed by atoms with Gasteiger partial charge in [0.25, 0.3) is 11.8 Å². The van der Waals surface area contributed by atoms with Crippen LogP contribution < -0.4 is 10.6 Å². The molecule has 17 heteroatoms. The first kappa shape index (κ1) is 53.9. The number of hydrogen-bond acceptors (Lipinski definition) is 11. The fourth-order valence-corrected chi connectivity index (χ4v) is 12.7. The molecule has 0 unspecified atom stereocenters. The quantitative estimate of drug-likeness (QED) is 0.0187. The van der Waals surface area contributed by atoms with E-state index in [-0.39, 0.29) is 52.8 Å². The van der Waals surface area contributed by atoms with Crippen molar-refractivity contribution in [2.45, 2.75) is 54.9 Å². The minimum absolute atomic E-state index is 0.0339. The summed E-state index contributed by atoms with van der Waals surface area (Å²) < 4.78 is 5.29. The van der Waals surface area contributed by atoms with E-state index in [9.17, 15) is 24.3 Å². The monoisotopic (exact) mass is 1120 g/mol. The molecule has 1 aromatic heterocycles. The van der Waals surface area contributed by atoms with Gasteiger partial charge in [0, 0.05) is 41.9 Å². The Hall–Kier alpha value is -9.12. The number of hydrogen-bond donors (Lipinski definition) is 3. The zero-order valence-electron chi connectivity index (χ0n) is 43.9. The Bertz CT molecular complexity index is 3390. The lowest BCUT2D eigenvalue weighted by Crippen LogP contribution is -2.72. The Morgan fingerprint density at radius 1 is 0.741 bits per heavy atom. The molecular weight excluding hydrogens is 1060 g/mol. The zero-order chi connectivity index (χ0) is 56.1. The van der Waals surface area contributed by atoms with E-state index in [1.165, 1.54) is 11.0 Å². The highest BCUT2D eigenvalue weighted by molar-refractivity contribution is 7.20.